The van der Waals surface area contributed by atoms with Crippen molar-refractivity contribution >= 4 is 32.6 Å². The van der Waals surface area contributed by atoms with Crippen LogP contribution in [0.2, 0.25) is 0 Å². The van der Waals surface area contributed by atoms with E-state index in [0.717, 1.165) is 13.1 Å². The third kappa shape index (κ3) is 4.15. The largest absolute Gasteiger partial charge is 0.482 e. The average molecular weight is 458 g/mol. The van der Waals surface area contributed by atoms with Crippen LogP contribution in [0.4, 0.5) is 9.52 Å². The van der Waals surface area contributed by atoms with Crippen LogP contribution in [0.5, 0.6) is 11.5 Å². The summed E-state index contributed by atoms with van der Waals surface area (Å²) in [5.74, 6) is 0.503. The number of aromatic nitrogens is 1. The standard InChI is InChI=1S/C23H24FN3O4S/c1-15-21(31-18-7-3-2-6-17(18)30-15)22(28)27(10-9-26-11-13-29-14-12-26)23-25-20-16(24)5-4-8-19(20)32-23/h2-8,15,21H,9-14H2,1H3. The van der Waals surface area contributed by atoms with Gasteiger partial charge in [-0.05, 0) is 31.2 Å². The van der Waals surface area contributed by atoms with E-state index in [1.165, 1.54) is 17.4 Å². The molecule has 0 bridgehead atoms. The molecular formula is C23H24FN3O4S. The normalized spacial score (nSPS) is 20.9. The van der Waals surface area contributed by atoms with Gasteiger partial charge in [-0.15, -0.1) is 0 Å². The first-order valence-corrected chi connectivity index (χ1v) is 11.5. The second kappa shape index (κ2) is 9.01. The molecule has 2 aromatic carbocycles. The van der Waals surface area contributed by atoms with Gasteiger partial charge in [0.2, 0.25) is 6.10 Å². The summed E-state index contributed by atoms with van der Waals surface area (Å²) in [4.78, 5) is 22.0. The Morgan fingerprint density at radius 2 is 1.91 bits per heavy atom. The lowest BCUT2D eigenvalue weighted by molar-refractivity contribution is -0.130. The summed E-state index contributed by atoms with van der Waals surface area (Å²) in [6.07, 6.45) is -1.30. The van der Waals surface area contributed by atoms with Gasteiger partial charge in [0.15, 0.2) is 16.6 Å². The van der Waals surface area contributed by atoms with Crippen LogP contribution in [0.3, 0.4) is 0 Å². The lowest BCUT2D eigenvalue weighted by Gasteiger charge is -2.34. The zero-order chi connectivity index (χ0) is 22.1. The summed E-state index contributed by atoms with van der Waals surface area (Å²) in [6, 6.07) is 12.1. The van der Waals surface area contributed by atoms with E-state index in [-0.39, 0.29) is 11.4 Å². The van der Waals surface area contributed by atoms with Gasteiger partial charge in [-0.3, -0.25) is 14.6 Å². The number of carbonyl (C=O) groups excluding carboxylic acids is 1. The van der Waals surface area contributed by atoms with Gasteiger partial charge in [0.25, 0.3) is 5.91 Å². The first kappa shape index (κ1) is 21.1. The van der Waals surface area contributed by atoms with Crippen LogP contribution in [0.1, 0.15) is 6.92 Å². The molecule has 0 aliphatic carbocycles. The fraction of sp³-hybridized carbons (Fsp3) is 0.391. The van der Waals surface area contributed by atoms with Crippen LogP contribution >= 0.6 is 11.3 Å². The van der Waals surface area contributed by atoms with Crippen LogP contribution in [-0.2, 0) is 9.53 Å². The first-order chi connectivity index (χ1) is 15.6. The predicted octanol–water partition coefficient (Wildman–Crippen LogP) is 3.33. The highest BCUT2D eigenvalue weighted by atomic mass is 32.1. The van der Waals surface area contributed by atoms with E-state index in [2.05, 4.69) is 9.88 Å². The maximum absolute atomic E-state index is 14.3. The minimum atomic E-state index is -0.827. The van der Waals surface area contributed by atoms with E-state index in [9.17, 15) is 9.18 Å². The number of anilines is 1. The van der Waals surface area contributed by atoms with Crippen LogP contribution < -0.4 is 14.4 Å². The van der Waals surface area contributed by atoms with E-state index < -0.39 is 18.0 Å². The van der Waals surface area contributed by atoms with Gasteiger partial charge < -0.3 is 14.2 Å². The van der Waals surface area contributed by atoms with Gasteiger partial charge in [-0.1, -0.05) is 29.5 Å². The third-order valence-electron chi connectivity index (χ3n) is 5.68. The Hall–Kier alpha value is -2.75. The molecule has 1 amide bonds. The molecule has 0 radical (unpaired) electrons. The van der Waals surface area contributed by atoms with Crippen LogP contribution in [0.15, 0.2) is 42.5 Å². The quantitative estimate of drug-likeness (QED) is 0.586. The van der Waals surface area contributed by atoms with Crippen molar-refractivity contribution in [1.82, 2.24) is 9.88 Å². The molecule has 2 atom stereocenters. The monoisotopic (exact) mass is 457 g/mol. The highest BCUT2D eigenvalue weighted by Crippen LogP contribution is 2.36. The molecule has 32 heavy (non-hydrogen) atoms. The summed E-state index contributed by atoms with van der Waals surface area (Å²) in [5.41, 5.74) is 0.274. The minimum absolute atomic E-state index is 0.250. The smallest absolute Gasteiger partial charge is 0.273 e. The predicted molar refractivity (Wildman–Crippen MR) is 120 cm³/mol. The SMILES string of the molecule is CC1Oc2ccccc2OC1C(=O)N(CCN1CCOCC1)c1nc2c(F)cccc2s1. The molecule has 3 aromatic rings. The highest BCUT2D eigenvalue weighted by Gasteiger charge is 2.38. The van der Waals surface area contributed by atoms with E-state index in [1.807, 2.05) is 31.2 Å². The fourth-order valence-electron chi connectivity index (χ4n) is 3.93. The second-order valence-corrected chi connectivity index (χ2v) is 8.84. The summed E-state index contributed by atoms with van der Waals surface area (Å²) in [6.45, 7) is 5.85. The molecule has 168 valence electrons. The molecule has 5 rings (SSSR count). The van der Waals surface area contributed by atoms with Crippen molar-refractivity contribution in [3.05, 3.63) is 48.3 Å². The molecule has 2 aliphatic rings. The highest BCUT2D eigenvalue weighted by molar-refractivity contribution is 7.22. The number of hydrogen-bond donors (Lipinski definition) is 0. The van der Waals surface area contributed by atoms with E-state index in [4.69, 9.17) is 14.2 Å². The van der Waals surface area contributed by atoms with Crippen molar-refractivity contribution in [2.45, 2.75) is 19.1 Å². The molecule has 9 heteroatoms. The van der Waals surface area contributed by atoms with E-state index >= 15 is 0 Å². The van der Waals surface area contributed by atoms with Crippen molar-refractivity contribution in [2.75, 3.05) is 44.3 Å². The molecule has 1 saturated heterocycles. The van der Waals surface area contributed by atoms with Gasteiger partial charge in [0.1, 0.15) is 17.4 Å². The van der Waals surface area contributed by atoms with E-state index in [1.54, 1.807) is 17.0 Å². The molecule has 0 saturated carbocycles. The number of morpholine rings is 1. The zero-order valence-electron chi connectivity index (χ0n) is 17.7. The number of ether oxygens (including phenoxy) is 3. The van der Waals surface area contributed by atoms with Gasteiger partial charge in [0, 0.05) is 26.2 Å². The lowest BCUT2D eigenvalue weighted by Crippen LogP contribution is -2.52. The average Bonchev–Trinajstić information content (AvgIpc) is 3.25. The number of rotatable bonds is 5. The number of benzene rings is 2. The molecule has 3 heterocycles. The maximum atomic E-state index is 14.3. The first-order valence-electron chi connectivity index (χ1n) is 10.7. The minimum Gasteiger partial charge on any atom is -0.482 e. The number of para-hydroxylation sites is 3. The topological polar surface area (TPSA) is 64.1 Å². The summed E-state index contributed by atoms with van der Waals surface area (Å²) >= 11 is 1.30. The van der Waals surface area contributed by atoms with Crippen molar-refractivity contribution in [1.29, 1.82) is 0 Å². The number of carbonyl (C=O) groups is 1. The Kier molecular flexibility index (Phi) is 5.95. The Labute approximate surface area is 189 Å². The van der Waals surface area contributed by atoms with E-state index in [0.29, 0.717) is 47.6 Å². The molecule has 0 spiro atoms. The van der Waals surface area contributed by atoms with Gasteiger partial charge in [0.05, 0.1) is 17.9 Å². The number of amides is 1. The van der Waals surface area contributed by atoms with Crippen molar-refractivity contribution in [3.8, 4) is 11.5 Å². The number of nitrogens with zero attached hydrogens (tertiary/aromatic N) is 3. The van der Waals surface area contributed by atoms with Crippen LogP contribution in [0.25, 0.3) is 10.2 Å². The number of thiazole rings is 1. The molecular weight excluding hydrogens is 433 g/mol. The third-order valence-corrected chi connectivity index (χ3v) is 6.73. The number of hydrogen-bond acceptors (Lipinski definition) is 7. The lowest BCUT2D eigenvalue weighted by atomic mass is 10.1. The molecule has 1 fully saturated rings. The summed E-state index contributed by atoms with van der Waals surface area (Å²) < 4.78 is 32.4. The molecule has 2 unspecified atom stereocenters. The number of halogens is 1. The Morgan fingerprint density at radius 3 is 2.66 bits per heavy atom. The van der Waals surface area contributed by atoms with Gasteiger partial charge >= 0.3 is 0 Å². The summed E-state index contributed by atoms with van der Waals surface area (Å²) in [7, 11) is 0. The zero-order valence-corrected chi connectivity index (χ0v) is 18.5. The Bertz CT molecular complexity index is 1120. The van der Waals surface area contributed by atoms with Crippen molar-refractivity contribution in [3.63, 3.8) is 0 Å². The van der Waals surface area contributed by atoms with Crippen molar-refractivity contribution < 1.29 is 23.4 Å². The number of fused-ring (bicyclic) bond motifs is 2. The fourth-order valence-corrected chi connectivity index (χ4v) is 4.94. The second-order valence-electron chi connectivity index (χ2n) is 7.84. The van der Waals surface area contributed by atoms with Gasteiger partial charge in [-0.2, -0.15) is 0 Å². The van der Waals surface area contributed by atoms with Gasteiger partial charge in [-0.25, -0.2) is 9.37 Å². The summed E-state index contributed by atoms with van der Waals surface area (Å²) in [5, 5.41) is 0.456. The Balaban J connectivity index is 1.44. The molecule has 2 aliphatic heterocycles. The maximum Gasteiger partial charge on any atom is 0.273 e. The van der Waals surface area contributed by atoms with Crippen molar-refractivity contribution in [2.24, 2.45) is 0 Å². The molecule has 0 N–H and O–H groups in total. The van der Waals surface area contributed by atoms with Crippen LogP contribution in [0, 0.1) is 5.82 Å². The molecule has 7 nitrogen and oxygen atoms in total. The molecule has 1 aromatic heterocycles. The Morgan fingerprint density at radius 1 is 1.16 bits per heavy atom. The van der Waals surface area contributed by atoms with Crippen LogP contribution in [-0.4, -0.2) is 67.4 Å².